The summed E-state index contributed by atoms with van der Waals surface area (Å²) in [5.74, 6) is 0.667. The van der Waals surface area contributed by atoms with E-state index in [1.54, 1.807) is 12.0 Å². The number of thiazole rings is 1. The lowest BCUT2D eigenvalue weighted by atomic mass is 10.1. The Bertz CT molecular complexity index is 951. The Morgan fingerprint density at radius 2 is 1.75 bits per heavy atom. The predicted molar refractivity (Wildman–Crippen MR) is 117 cm³/mol. The van der Waals surface area contributed by atoms with Crippen LogP contribution in [0.2, 0.25) is 0 Å². The molecule has 0 N–H and O–H groups in total. The van der Waals surface area contributed by atoms with Crippen LogP contribution in [0.4, 0.5) is 10.8 Å². The van der Waals surface area contributed by atoms with Gasteiger partial charge in [0.25, 0.3) is 5.91 Å². The number of ether oxygens (including phenoxy) is 1. The van der Waals surface area contributed by atoms with Gasteiger partial charge < -0.3 is 14.5 Å². The smallest absolute Gasteiger partial charge is 0.260 e. The molecule has 0 atom stereocenters. The number of carbonyl (C=O) groups excluding carboxylic acids is 1. The highest BCUT2D eigenvalue weighted by molar-refractivity contribution is 7.22. The number of para-hydroxylation sites is 1. The van der Waals surface area contributed by atoms with Crippen molar-refractivity contribution in [2.75, 3.05) is 58.2 Å². The average molecular weight is 399 g/mol. The zero-order chi connectivity index (χ0) is 20.3. The Hall–Kier alpha value is -2.64. The highest BCUT2D eigenvalue weighted by Crippen LogP contribution is 2.34. The van der Waals surface area contributed by atoms with Crippen molar-refractivity contribution in [1.82, 2.24) is 9.88 Å². The van der Waals surface area contributed by atoms with E-state index < -0.39 is 0 Å². The molecule has 1 aromatic heterocycles. The Morgan fingerprint density at radius 1 is 1.04 bits per heavy atom. The summed E-state index contributed by atoms with van der Waals surface area (Å²) in [5.41, 5.74) is 2.49. The summed E-state index contributed by atoms with van der Waals surface area (Å²) in [4.78, 5) is 23.9. The molecule has 0 bridgehead atoms. The van der Waals surface area contributed by atoms with Crippen molar-refractivity contribution in [3.8, 4) is 5.75 Å². The number of anilines is 2. The van der Waals surface area contributed by atoms with Gasteiger partial charge >= 0.3 is 0 Å². The quantitative estimate of drug-likeness (QED) is 0.609. The Morgan fingerprint density at radius 3 is 2.36 bits per heavy atom. The van der Waals surface area contributed by atoms with Crippen molar-refractivity contribution in [3.05, 3.63) is 48.0 Å². The van der Waals surface area contributed by atoms with Crippen LogP contribution in [0.15, 0.2) is 42.5 Å². The van der Waals surface area contributed by atoms with Crippen molar-refractivity contribution in [1.29, 1.82) is 0 Å². The average Bonchev–Trinajstić information content (AvgIpc) is 3.11. The molecule has 7 heteroatoms. The first-order chi connectivity index (χ1) is 13.4. The van der Waals surface area contributed by atoms with E-state index in [4.69, 9.17) is 9.72 Å². The second-order valence-corrected chi connectivity index (χ2v) is 8.01. The van der Waals surface area contributed by atoms with Gasteiger partial charge in [-0.15, -0.1) is 0 Å². The standard InChI is InChI=1S/C21H26N4O2S/c1-23(2)13-14-25(20(26)15-9-11-16(12-10-15)24(3)4)21-22-19-17(27-5)7-6-8-18(19)28-21/h6-12H,13-14H2,1-5H3. The van der Waals surface area contributed by atoms with Crippen LogP contribution >= 0.6 is 11.3 Å². The van der Waals surface area contributed by atoms with Crippen LogP contribution in [0, 0.1) is 0 Å². The molecule has 0 aliphatic heterocycles. The molecular formula is C21H26N4O2S. The molecular weight excluding hydrogens is 372 g/mol. The minimum atomic E-state index is -0.0508. The number of aromatic nitrogens is 1. The third kappa shape index (κ3) is 4.26. The maximum atomic E-state index is 13.3. The molecule has 3 aromatic rings. The van der Waals surface area contributed by atoms with Crippen LogP contribution in [0.1, 0.15) is 10.4 Å². The van der Waals surface area contributed by atoms with Crippen LogP contribution in [0.5, 0.6) is 5.75 Å². The van der Waals surface area contributed by atoms with Crippen molar-refractivity contribution in [3.63, 3.8) is 0 Å². The first-order valence-corrected chi connectivity index (χ1v) is 9.90. The molecule has 0 fully saturated rings. The van der Waals surface area contributed by atoms with E-state index in [9.17, 15) is 4.79 Å². The molecule has 0 saturated heterocycles. The molecule has 0 unspecified atom stereocenters. The number of hydrogen-bond acceptors (Lipinski definition) is 6. The van der Waals surface area contributed by atoms with Gasteiger partial charge in [-0.05, 0) is 50.5 Å². The third-order valence-corrected chi connectivity index (χ3v) is 5.51. The topological polar surface area (TPSA) is 48.9 Å². The van der Waals surface area contributed by atoms with Gasteiger partial charge in [0.15, 0.2) is 5.13 Å². The lowest BCUT2D eigenvalue weighted by Crippen LogP contribution is -2.36. The zero-order valence-corrected chi connectivity index (χ0v) is 17.8. The normalized spacial score (nSPS) is 11.1. The fraction of sp³-hybridized carbons (Fsp3) is 0.333. The Kier molecular flexibility index (Phi) is 6.16. The van der Waals surface area contributed by atoms with E-state index in [0.29, 0.717) is 17.2 Å². The van der Waals surface area contributed by atoms with Gasteiger partial charge in [0, 0.05) is 38.4 Å². The number of carbonyl (C=O) groups is 1. The monoisotopic (exact) mass is 398 g/mol. The number of fused-ring (bicyclic) bond motifs is 1. The van der Waals surface area contributed by atoms with E-state index in [1.165, 1.54) is 11.3 Å². The number of hydrogen-bond donors (Lipinski definition) is 0. The highest BCUT2D eigenvalue weighted by Gasteiger charge is 2.22. The van der Waals surface area contributed by atoms with Gasteiger partial charge in [0.1, 0.15) is 11.3 Å². The molecule has 148 valence electrons. The van der Waals surface area contributed by atoms with Gasteiger partial charge in [-0.25, -0.2) is 4.98 Å². The van der Waals surface area contributed by atoms with Crippen LogP contribution in [0.3, 0.4) is 0 Å². The number of rotatable bonds is 7. The Balaban J connectivity index is 1.97. The lowest BCUT2D eigenvalue weighted by molar-refractivity contribution is 0.0985. The summed E-state index contributed by atoms with van der Waals surface area (Å²) in [6.07, 6.45) is 0. The SMILES string of the molecule is COc1cccc2sc(N(CCN(C)C)C(=O)c3ccc(N(C)C)cc3)nc12. The van der Waals surface area contributed by atoms with Gasteiger partial charge in [0.2, 0.25) is 0 Å². The maximum Gasteiger partial charge on any atom is 0.260 e. The lowest BCUT2D eigenvalue weighted by Gasteiger charge is -2.22. The molecule has 0 aliphatic rings. The molecule has 1 heterocycles. The summed E-state index contributed by atoms with van der Waals surface area (Å²) in [6, 6.07) is 13.5. The first kappa shape index (κ1) is 20.1. The largest absolute Gasteiger partial charge is 0.494 e. The summed E-state index contributed by atoms with van der Waals surface area (Å²) >= 11 is 1.50. The fourth-order valence-corrected chi connectivity index (χ4v) is 3.84. The molecule has 3 rings (SSSR count). The number of methoxy groups -OCH3 is 1. The van der Waals surface area contributed by atoms with Crippen molar-refractivity contribution < 1.29 is 9.53 Å². The fourth-order valence-electron chi connectivity index (χ4n) is 2.83. The number of benzene rings is 2. The van der Waals surface area contributed by atoms with Crippen LogP contribution < -0.4 is 14.5 Å². The van der Waals surface area contributed by atoms with Crippen LogP contribution in [-0.2, 0) is 0 Å². The summed E-state index contributed by atoms with van der Waals surface area (Å²) in [6.45, 7) is 1.30. The van der Waals surface area contributed by atoms with E-state index in [1.807, 2.05) is 75.6 Å². The highest BCUT2D eigenvalue weighted by atomic mass is 32.1. The number of amides is 1. The predicted octanol–water partition coefficient (Wildman–Crippen LogP) is 3.58. The van der Waals surface area contributed by atoms with Crippen LogP contribution in [-0.4, -0.2) is 64.2 Å². The second kappa shape index (κ2) is 8.58. The maximum absolute atomic E-state index is 13.3. The number of nitrogens with zero attached hydrogens (tertiary/aromatic N) is 4. The summed E-state index contributed by atoms with van der Waals surface area (Å²) in [5, 5.41) is 0.683. The molecule has 28 heavy (non-hydrogen) atoms. The second-order valence-electron chi connectivity index (χ2n) is 7.00. The van der Waals surface area contributed by atoms with Gasteiger partial charge in [-0.3, -0.25) is 9.69 Å². The first-order valence-electron chi connectivity index (χ1n) is 9.08. The molecule has 0 saturated carbocycles. The van der Waals surface area contributed by atoms with E-state index in [-0.39, 0.29) is 5.91 Å². The molecule has 2 aromatic carbocycles. The number of likely N-dealkylation sites (N-methyl/N-ethyl adjacent to an activating group) is 1. The van der Waals surface area contributed by atoms with Crippen molar-refractivity contribution in [2.45, 2.75) is 0 Å². The zero-order valence-electron chi connectivity index (χ0n) is 17.0. The van der Waals surface area contributed by atoms with Gasteiger partial charge in [0.05, 0.1) is 11.8 Å². The van der Waals surface area contributed by atoms with Crippen molar-refractivity contribution in [2.24, 2.45) is 0 Å². The Labute approximate surface area is 170 Å². The molecule has 0 aliphatic carbocycles. The van der Waals surface area contributed by atoms with Gasteiger partial charge in [-0.2, -0.15) is 0 Å². The third-order valence-electron chi connectivity index (χ3n) is 4.47. The summed E-state index contributed by atoms with van der Waals surface area (Å²) in [7, 11) is 9.59. The van der Waals surface area contributed by atoms with Crippen molar-refractivity contribution >= 4 is 38.3 Å². The van der Waals surface area contributed by atoms with E-state index in [0.717, 1.165) is 28.2 Å². The van der Waals surface area contributed by atoms with Crippen LogP contribution in [0.25, 0.3) is 10.2 Å². The molecule has 0 spiro atoms. The van der Waals surface area contributed by atoms with E-state index >= 15 is 0 Å². The molecule has 6 nitrogen and oxygen atoms in total. The minimum absolute atomic E-state index is 0.0508. The van der Waals surface area contributed by atoms with Gasteiger partial charge in [-0.1, -0.05) is 17.4 Å². The summed E-state index contributed by atoms with van der Waals surface area (Å²) < 4.78 is 6.43. The molecule has 0 radical (unpaired) electrons. The van der Waals surface area contributed by atoms with E-state index in [2.05, 4.69) is 4.90 Å². The molecule has 1 amide bonds. The minimum Gasteiger partial charge on any atom is -0.494 e.